The molecule has 0 aliphatic carbocycles. The Morgan fingerprint density at radius 1 is 1.08 bits per heavy atom. The third kappa shape index (κ3) is 3.74. The standard InChI is InChI=1S/C18H20Cl2N4O2/c1-12-21-16(23-15-3-2-13(19)10-14(15)20)11-17(22-12)24-6-4-18(5-7-24)25-8-9-26-18/h2-3,10-11H,4-9H2,1H3,(H,21,22,23). The first-order valence-electron chi connectivity index (χ1n) is 8.64. The van der Waals surface area contributed by atoms with Crippen molar-refractivity contribution in [2.75, 3.05) is 36.5 Å². The van der Waals surface area contributed by atoms with Gasteiger partial charge in [-0.2, -0.15) is 0 Å². The van der Waals surface area contributed by atoms with Crippen LogP contribution >= 0.6 is 23.2 Å². The molecule has 0 saturated carbocycles. The molecular weight excluding hydrogens is 375 g/mol. The predicted molar refractivity (Wildman–Crippen MR) is 103 cm³/mol. The van der Waals surface area contributed by atoms with Gasteiger partial charge in [-0.25, -0.2) is 9.97 Å². The zero-order chi connectivity index (χ0) is 18.1. The lowest BCUT2D eigenvalue weighted by Crippen LogP contribution is -2.45. The van der Waals surface area contributed by atoms with E-state index in [0.717, 1.165) is 37.4 Å². The van der Waals surface area contributed by atoms with Crippen LogP contribution in [-0.4, -0.2) is 42.1 Å². The number of nitrogens with zero attached hydrogens (tertiary/aromatic N) is 3. The van der Waals surface area contributed by atoms with E-state index in [1.807, 2.05) is 19.1 Å². The molecule has 4 rings (SSSR count). The highest BCUT2D eigenvalue weighted by Crippen LogP contribution is 2.34. The van der Waals surface area contributed by atoms with Crippen LogP contribution in [0.25, 0.3) is 0 Å². The molecule has 1 aromatic carbocycles. The van der Waals surface area contributed by atoms with E-state index in [2.05, 4.69) is 20.2 Å². The molecule has 1 aromatic heterocycles. The highest BCUT2D eigenvalue weighted by molar-refractivity contribution is 6.36. The maximum absolute atomic E-state index is 6.25. The van der Waals surface area contributed by atoms with Gasteiger partial charge in [0, 0.05) is 37.0 Å². The van der Waals surface area contributed by atoms with Crippen molar-refractivity contribution in [3.63, 3.8) is 0 Å². The molecular formula is C18H20Cl2N4O2. The van der Waals surface area contributed by atoms with Gasteiger partial charge in [0.15, 0.2) is 5.79 Å². The molecule has 2 fully saturated rings. The summed E-state index contributed by atoms with van der Waals surface area (Å²) in [6.45, 7) is 4.91. The van der Waals surface area contributed by atoms with Crippen LogP contribution in [0.4, 0.5) is 17.3 Å². The molecule has 3 heterocycles. The lowest BCUT2D eigenvalue weighted by Gasteiger charge is -2.38. The van der Waals surface area contributed by atoms with Gasteiger partial charge in [-0.3, -0.25) is 0 Å². The first-order valence-corrected chi connectivity index (χ1v) is 9.39. The van der Waals surface area contributed by atoms with Crippen molar-refractivity contribution >= 4 is 40.5 Å². The van der Waals surface area contributed by atoms with E-state index in [9.17, 15) is 0 Å². The second-order valence-corrected chi connectivity index (χ2v) is 7.35. The lowest BCUT2D eigenvalue weighted by molar-refractivity contribution is -0.169. The third-order valence-corrected chi connectivity index (χ3v) is 5.23. The number of anilines is 3. The van der Waals surface area contributed by atoms with Crippen LogP contribution in [0.15, 0.2) is 24.3 Å². The maximum atomic E-state index is 6.25. The second kappa shape index (κ2) is 7.19. The van der Waals surface area contributed by atoms with Gasteiger partial charge in [0.05, 0.1) is 23.9 Å². The van der Waals surface area contributed by atoms with Crippen molar-refractivity contribution in [3.8, 4) is 0 Å². The Morgan fingerprint density at radius 2 is 1.81 bits per heavy atom. The minimum absolute atomic E-state index is 0.392. The Bertz CT molecular complexity index is 802. The van der Waals surface area contributed by atoms with Gasteiger partial charge in [-0.1, -0.05) is 23.2 Å². The van der Waals surface area contributed by atoms with Gasteiger partial charge in [-0.15, -0.1) is 0 Å². The topological polar surface area (TPSA) is 59.5 Å². The van der Waals surface area contributed by atoms with E-state index >= 15 is 0 Å². The van der Waals surface area contributed by atoms with Crippen LogP contribution in [0, 0.1) is 6.92 Å². The maximum Gasteiger partial charge on any atom is 0.171 e. The van der Waals surface area contributed by atoms with E-state index in [1.165, 1.54) is 0 Å². The molecule has 0 amide bonds. The third-order valence-electron chi connectivity index (χ3n) is 4.68. The molecule has 0 radical (unpaired) electrons. The Balaban J connectivity index is 1.51. The molecule has 0 atom stereocenters. The summed E-state index contributed by atoms with van der Waals surface area (Å²) in [6.07, 6.45) is 1.67. The van der Waals surface area contributed by atoms with Gasteiger partial charge in [-0.05, 0) is 25.1 Å². The van der Waals surface area contributed by atoms with Gasteiger partial charge in [0.1, 0.15) is 17.5 Å². The summed E-state index contributed by atoms with van der Waals surface area (Å²) in [4.78, 5) is 11.3. The van der Waals surface area contributed by atoms with Crippen molar-refractivity contribution in [3.05, 3.63) is 40.1 Å². The Kier molecular flexibility index (Phi) is 4.92. The predicted octanol–water partition coefficient (Wildman–Crippen LogP) is 4.18. The van der Waals surface area contributed by atoms with Gasteiger partial charge >= 0.3 is 0 Å². The van der Waals surface area contributed by atoms with E-state index < -0.39 is 5.79 Å². The SMILES string of the molecule is Cc1nc(Nc2ccc(Cl)cc2Cl)cc(N2CCC3(CC2)OCCO3)n1. The van der Waals surface area contributed by atoms with Crippen LogP contribution in [0.1, 0.15) is 18.7 Å². The molecule has 8 heteroatoms. The smallest absolute Gasteiger partial charge is 0.171 e. The minimum atomic E-state index is -0.392. The Hall–Kier alpha value is -1.60. The Labute approximate surface area is 162 Å². The number of rotatable bonds is 3. The summed E-state index contributed by atoms with van der Waals surface area (Å²) in [7, 11) is 0. The fraction of sp³-hybridized carbons (Fsp3) is 0.444. The van der Waals surface area contributed by atoms with Crippen molar-refractivity contribution in [2.24, 2.45) is 0 Å². The summed E-state index contributed by atoms with van der Waals surface area (Å²) < 4.78 is 11.6. The van der Waals surface area contributed by atoms with Gasteiger partial charge in [0.2, 0.25) is 0 Å². The van der Waals surface area contributed by atoms with Crippen molar-refractivity contribution < 1.29 is 9.47 Å². The van der Waals surface area contributed by atoms with Crippen molar-refractivity contribution in [1.29, 1.82) is 0 Å². The lowest BCUT2D eigenvalue weighted by atomic mass is 10.0. The zero-order valence-corrected chi connectivity index (χ0v) is 16.0. The highest BCUT2D eigenvalue weighted by atomic mass is 35.5. The number of piperidine rings is 1. The summed E-state index contributed by atoms with van der Waals surface area (Å²) in [5, 5.41) is 4.39. The average molecular weight is 395 g/mol. The molecule has 2 saturated heterocycles. The number of aromatic nitrogens is 2. The first kappa shape index (κ1) is 17.8. The van der Waals surface area contributed by atoms with Crippen LogP contribution in [0.2, 0.25) is 10.0 Å². The van der Waals surface area contributed by atoms with Crippen molar-refractivity contribution in [2.45, 2.75) is 25.6 Å². The first-order chi connectivity index (χ1) is 12.5. The number of benzene rings is 1. The molecule has 0 bridgehead atoms. The van der Waals surface area contributed by atoms with Crippen LogP contribution in [0.5, 0.6) is 0 Å². The number of hydrogen-bond acceptors (Lipinski definition) is 6. The Morgan fingerprint density at radius 3 is 2.50 bits per heavy atom. The minimum Gasteiger partial charge on any atom is -0.356 e. The average Bonchev–Trinajstić information content (AvgIpc) is 3.06. The molecule has 2 aromatic rings. The van der Waals surface area contributed by atoms with Crippen LogP contribution in [-0.2, 0) is 9.47 Å². The van der Waals surface area contributed by atoms with Crippen LogP contribution in [0.3, 0.4) is 0 Å². The molecule has 0 unspecified atom stereocenters. The van der Waals surface area contributed by atoms with E-state index in [4.69, 9.17) is 32.7 Å². The van der Waals surface area contributed by atoms with Gasteiger partial charge < -0.3 is 19.7 Å². The summed E-state index contributed by atoms with van der Waals surface area (Å²) in [5.41, 5.74) is 0.755. The van der Waals surface area contributed by atoms with Crippen LogP contribution < -0.4 is 10.2 Å². The number of ether oxygens (including phenoxy) is 2. The van der Waals surface area contributed by atoms with E-state index in [1.54, 1.807) is 12.1 Å². The summed E-state index contributed by atoms with van der Waals surface area (Å²) in [6, 6.07) is 7.26. The summed E-state index contributed by atoms with van der Waals surface area (Å²) in [5.74, 6) is 1.89. The molecule has 26 heavy (non-hydrogen) atoms. The number of nitrogens with one attached hydrogen (secondary N) is 1. The fourth-order valence-corrected chi connectivity index (χ4v) is 3.82. The molecule has 1 spiro atoms. The summed E-state index contributed by atoms with van der Waals surface area (Å²) >= 11 is 12.2. The zero-order valence-electron chi connectivity index (χ0n) is 14.5. The van der Waals surface area contributed by atoms with Crippen molar-refractivity contribution in [1.82, 2.24) is 9.97 Å². The normalized spacial score (nSPS) is 19.1. The molecule has 2 aliphatic heterocycles. The molecule has 2 aliphatic rings. The fourth-order valence-electron chi connectivity index (χ4n) is 3.37. The number of hydrogen-bond donors (Lipinski definition) is 1. The van der Waals surface area contributed by atoms with Gasteiger partial charge in [0.25, 0.3) is 0 Å². The number of halogens is 2. The largest absolute Gasteiger partial charge is 0.356 e. The monoisotopic (exact) mass is 394 g/mol. The van der Waals surface area contributed by atoms with E-state index in [-0.39, 0.29) is 0 Å². The molecule has 1 N–H and O–H groups in total. The molecule has 138 valence electrons. The number of aryl methyl sites for hydroxylation is 1. The molecule has 6 nitrogen and oxygen atoms in total. The second-order valence-electron chi connectivity index (χ2n) is 6.50. The highest BCUT2D eigenvalue weighted by Gasteiger charge is 2.40. The van der Waals surface area contributed by atoms with E-state index in [0.29, 0.717) is 34.9 Å². The quantitative estimate of drug-likeness (QED) is 0.842.